The molecule has 0 spiro atoms. The van der Waals surface area contributed by atoms with Crippen LogP contribution in [0.4, 0.5) is 4.39 Å². The van der Waals surface area contributed by atoms with Crippen LogP contribution in [-0.2, 0) is 0 Å². The average molecular weight is 271 g/mol. The number of amides is 1. The maximum absolute atomic E-state index is 12.9. The Hall–Kier alpha value is -1.13. The van der Waals surface area contributed by atoms with E-state index in [1.165, 1.54) is 12.1 Å². The summed E-state index contributed by atoms with van der Waals surface area (Å²) in [5.74, 6) is -0.208. The Morgan fingerprint density at radius 2 is 2.28 bits per heavy atom. The third kappa shape index (κ3) is 2.65. The highest BCUT2D eigenvalue weighted by Gasteiger charge is 2.27. The molecule has 1 heterocycles. The predicted octanol–water partition coefficient (Wildman–Crippen LogP) is 2.29. The van der Waals surface area contributed by atoms with Crippen LogP contribution in [0.15, 0.2) is 18.2 Å². The summed E-state index contributed by atoms with van der Waals surface area (Å²) in [5, 5.41) is 0.146. The minimum absolute atomic E-state index is 0.0121. The quantitative estimate of drug-likeness (QED) is 0.851. The maximum atomic E-state index is 12.9. The molecule has 3 nitrogen and oxygen atoms in total. The number of rotatable bonds is 1. The molecule has 1 aromatic carbocycles. The molecule has 1 fully saturated rings. The first-order valence-corrected chi connectivity index (χ1v) is 6.36. The Labute approximate surface area is 111 Å². The monoisotopic (exact) mass is 270 g/mol. The maximum Gasteiger partial charge on any atom is 0.255 e. The van der Waals surface area contributed by atoms with Gasteiger partial charge in [0, 0.05) is 19.1 Å². The van der Waals surface area contributed by atoms with Crippen LogP contribution in [0.25, 0.3) is 0 Å². The second-order valence-electron chi connectivity index (χ2n) is 4.81. The molecule has 2 N–H and O–H groups in total. The van der Waals surface area contributed by atoms with Crippen LogP contribution >= 0.6 is 11.6 Å². The molecule has 1 aliphatic heterocycles. The second-order valence-corrected chi connectivity index (χ2v) is 5.21. The van der Waals surface area contributed by atoms with Crippen molar-refractivity contribution >= 4 is 17.5 Å². The van der Waals surface area contributed by atoms with Crippen molar-refractivity contribution in [2.45, 2.75) is 19.4 Å². The number of nitrogens with two attached hydrogens (primary N) is 1. The van der Waals surface area contributed by atoms with Crippen LogP contribution in [0.3, 0.4) is 0 Å². The highest BCUT2D eigenvalue weighted by Crippen LogP contribution is 2.22. The normalized spacial score (nSPS) is 24.1. The Kier molecular flexibility index (Phi) is 3.88. The molecule has 2 rings (SSSR count). The van der Waals surface area contributed by atoms with Crippen LogP contribution < -0.4 is 5.73 Å². The number of carbonyl (C=O) groups is 1. The Morgan fingerprint density at radius 1 is 1.56 bits per heavy atom. The van der Waals surface area contributed by atoms with Gasteiger partial charge in [0.15, 0.2) is 0 Å². The number of hydrogen-bond acceptors (Lipinski definition) is 2. The van der Waals surface area contributed by atoms with Gasteiger partial charge in [0.25, 0.3) is 5.91 Å². The van der Waals surface area contributed by atoms with Crippen LogP contribution in [0.2, 0.25) is 5.02 Å². The lowest BCUT2D eigenvalue weighted by Gasteiger charge is -2.35. The summed E-state index contributed by atoms with van der Waals surface area (Å²) in [4.78, 5) is 13.9. The molecule has 5 heteroatoms. The molecular formula is C13H16ClFN2O. The Balaban J connectivity index is 2.16. The number of carbonyl (C=O) groups excluding carboxylic acids is 1. The van der Waals surface area contributed by atoms with Gasteiger partial charge in [-0.2, -0.15) is 0 Å². The first kappa shape index (κ1) is 13.3. The van der Waals surface area contributed by atoms with E-state index in [2.05, 4.69) is 6.92 Å². The van der Waals surface area contributed by atoms with Crippen LogP contribution in [0.5, 0.6) is 0 Å². The number of halogens is 2. The number of hydrogen-bond donors (Lipinski definition) is 1. The number of piperidine rings is 1. The van der Waals surface area contributed by atoms with E-state index in [1.807, 2.05) is 0 Å². The van der Waals surface area contributed by atoms with Crippen LogP contribution in [-0.4, -0.2) is 29.9 Å². The first-order valence-electron chi connectivity index (χ1n) is 5.99. The van der Waals surface area contributed by atoms with E-state index < -0.39 is 5.82 Å². The zero-order valence-electron chi connectivity index (χ0n) is 10.2. The summed E-state index contributed by atoms with van der Waals surface area (Å²) in [6, 6.07) is 3.80. The van der Waals surface area contributed by atoms with E-state index in [-0.39, 0.29) is 17.0 Å². The van der Waals surface area contributed by atoms with Gasteiger partial charge in [-0.15, -0.1) is 0 Å². The largest absolute Gasteiger partial charge is 0.337 e. The lowest BCUT2D eigenvalue weighted by molar-refractivity contribution is 0.0672. The van der Waals surface area contributed by atoms with Crippen molar-refractivity contribution in [3.8, 4) is 0 Å². The summed E-state index contributed by atoms with van der Waals surface area (Å²) in [7, 11) is 0. The molecule has 1 amide bonds. The molecular weight excluding hydrogens is 255 g/mol. The average Bonchev–Trinajstić information content (AvgIpc) is 2.32. The van der Waals surface area contributed by atoms with Gasteiger partial charge in [-0.3, -0.25) is 4.79 Å². The molecule has 2 unspecified atom stereocenters. The van der Waals surface area contributed by atoms with Crippen molar-refractivity contribution in [1.82, 2.24) is 4.90 Å². The van der Waals surface area contributed by atoms with E-state index in [0.717, 1.165) is 12.5 Å². The molecule has 98 valence electrons. The molecule has 0 radical (unpaired) electrons. The number of likely N-dealkylation sites (tertiary alicyclic amines) is 1. The molecule has 2 atom stereocenters. The fraction of sp³-hybridized carbons (Fsp3) is 0.462. The molecule has 0 bridgehead atoms. The van der Waals surface area contributed by atoms with Gasteiger partial charge in [0.05, 0.1) is 10.6 Å². The fourth-order valence-electron chi connectivity index (χ4n) is 2.12. The lowest BCUT2D eigenvalue weighted by Crippen LogP contribution is -2.49. The molecule has 0 saturated carbocycles. The second kappa shape index (κ2) is 5.24. The molecule has 0 aromatic heterocycles. The summed E-state index contributed by atoms with van der Waals surface area (Å²) in [6.07, 6.45) is 0.881. The van der Waals surface area contributed by atoms with Crippen molar-refractivity contribution in [1.29, 1.82) is 0 Å². The van der Waals surface area contributed by atoms with Gasteiger partial charge in [-0.05, 0) is 30.5 Å². The summed E-state index contributed by atoms with van der Waals surface area (Å²) < 4.78 is 12.9. The SMILES string of the molecule is CC1CCN(C(=O)c2ccc(F)cc2Cl)CC1N. The van der Waals surface area contributed by atoms with Gasteiger partial charge >= 0.3 is 0 Å². The molecule has 1 aliphatic rings. The van der Waals surface area contributed by atoms with Gasteiger partial charge in [-0.1, -0.05) is 18.5 Å². The molecule has 18 heavy (non-hydrogen) atoms. The molecule has 1 saturated heterocycles. The minimum Gasteiger partial charge on any atom is -0.337 e. The topological polar surface area (TPSA) is 46.3 Å². The van der Waals surface area contributed by atoms with Crippen molar-refractivity contribution in [3.05, 3.63) is 34.6 Å². The zero-order chi connectivity index (χ0) is 13.3. The summed E-state index contributed by atoms with van der Waals surface area (Å²) in [5.41, 5.74) is 6.29. The van der Waals surface area contributed by atoms with Gasteiger partial charge in [0.1, 0.15) is 5.82 Å². The Morgan fingerprint density at radius 3 is 2.89 bits per heavy atom. The van der Waals surface area contributed by atoms with Crippen LogP contribution in [0.1, 0.15) is 23.7 Å². The molecule has 0 aliphatic carbocycles. The van der Waals surface area contributed by atoms with Crippen LogP contribution in [0, 0.1) is 11.7 Å². The third-order valence-electron chi connectivity index (χ3n) is 3.47. The van der Waals surface area contributed by atoms with Crippen molar-refractivity contribution in [3.63, 3.8) is 0 Å². The first-order chi connectivity index (χ1) is 8.49. The predicted molar refractivity (Wildman–Crippen MR) is 69.1 cm³/mol. The summed E-state index contributed by atoms with van der Waals surface area (Å²) >= 11 is 5.89. The van der Waals surface area contributed by atoms with Gasteiger partial charge < -0.3 is 10.6 Å². The van der Waals surface area contributed by atoms with E-state index in [9.17, 15) is 9.18 Å². The summed E-state index contributed by atoms with van der Waals surface area (Å²) in [6.45, 7) is 3.27. The number of nitrogens with zero attached hydrogens (tertiary/aromatic N) is 1. The highest BCUT2D eigenvalue weighted by molar-refractivity contribution is 6.33. The zero-order valence-corrected chi connectivity index (χ0v) is 11.0. The van der Waals surface area contributed by atoms with Gasteiger partial charge in [-0.25, -0.2) is 4.39 Å². The van der Waals surface area contributed by atoms with E-state index in [1.54, 1.807) is 4.90 Å². The Bertz CT molecular complexity index is 466. The fourth-order valence-corrected chi connectivity index (χ4v) is 2.37. The van der Waals surface area contributed by atoms with Crippen molar-refractivity contribution in [2.24, 2.45) is 11.7 Å². The van der Waals surface area contributed by atoms with E-state index >= 15 is 0 Å². The number of benzene rings is 1. The van der Waals surface area contributed by atoms with Gasteiger partial charge in [0.2, 0.25) is 0 Å². The van der Waals surface area contributed by atoms with Crippen molar-refractivity contribution in [2.75, 3.05) is 13.1 Å². The highest BCUT2D eigenvalue weighted by atomic mass is 35.5. The van der Waals surface area contributed by atoms with E-state index in [4.69, 9.17) is 17.3 Å². The standard InChI is InChI=1S/C13H16ClFN2O/c1-8-4-5-17(7-12(8)16)13(18)10-3-2-9(15)6-11(10)14/h2-3,6,8,12H,4-5,7,16H2,1H3. The lowest BCUT2D eigenvalue weighted by atomic mass is 9.94. The van der Waals surface area contributed by atoms with E-state index in [0.29, 0.717) is 24.6 Å². The molecule has 1 aromatic rings. The smallest absolute Gasteiger partial charge is 0.255 e. The minimum atomic E-state index is -0.444. The third-order valence-corrected chi connectivity index (χ3v) is 3.78. The van der Waals surface area contributed by atoms with Crippen molar-refractivity contribution < 1.29 is 9.18 Å².